The number of anilines is 3. The standard InChI is InChI=1S/C25H25ClN6O4S2/c26-20-4-1-5-21-22(20)29-25(37-21)30-38(35,36)18-8-6-17(7-9-18)28-23-19(3-2-10-27-23)24(34)32-13-11-31(12-14-32)15-16-33/h1-10,33H,11-16H2,(H,27,28)(H,29,30). The first-order valence-corrected chi connectivity index (χ1v) is 14.5. The number of hydrogen-bond donors (Lipinski definition) is 3. The van der Waals surface area contributed by atoms with E-state index in [2.05, 4.69) is 24.9 Å². The second kappa shape index (κ2) is 11.2. The van der Waals surface area contributed by atoms with E-state index in [1.54, 1.807) is 47.5 Å². The number of halogens is 1. The number of para-hydroxylation sites is 1. The fraction of sp³-hybridized carbons (Fsp3) is 0.240. The van der Waals surface area contributed by atoms with Crippen LogP contribution in [-0.4, -0.2) is 78.5 Å². The molecule has 2 aromatic heterocycles. The smallest absolute Gasteiger partial charge is 0.263 e. The Bertz CT molecular complexity index is 1550. The van der Waals surface area contributed by atoms with Crippen molar-refractivity contribution in [3.8, 4) is 0 Å². The van der Waals surface area contributed by atoms with Crippen molar-refractivity contribution in [3.63, 3.8) is 0 Å². The first-order valence-electron chi connectivity index (χ1n) is 11.9. The molecule has 13 heteroatoms. The summed E-state index contributed by atoms with van der Waals surface area (Å²) in [5.41, 5.74) is 1.55. The summed E-state index contributed by atoms with van der Waals surface area (Å²) in [5.74, 6) is 0.249. The molecule has 5 rings (SSSR count). The lowest BCUT2D eigenvalue weighted by Gasteiger charge is -2.34. The maximum Gasteiger partial charge on any atom is 0.263 e. The number of sulfonamides is 1. The molecule has 38 heavy (non-hydrogen) atoms. The molecule has 1 aliphatic heterocycles. The number of pyridine rings is 1. The number of fused-ring (bicyclic) bond motifs is 1. The van der Waals surface area contributed by atoms with Crippen molar-refractivity contribution in [1.82, 2.24) is 19.8 Å². The predicted octanol–water partition coefficient (Wildman–Crippen LogP) is 3.64. The summed E-state index contributed by atoms with van der Waals surface area (Å²) < 4.78 is 29.2. The van der Waals surface area contributed by atoms with E-state index in [-0.39, 0.29) is 22.5 Å². The molecule has 0 unspecified atom stereocenters. The van der Waals surface area contributed by atoms with Gasteiger partial charge in [0.1, 0.15) is 11.3 Å². The highest BCUT2D eigenvalue weighted by atomic mass is 35.5. The summed E-state index contributed by atoms with van der Waals surface area (Å²) in [6.07, 6.45) is 1.59. The number of aromatic nitrogens is 2. The quantitative estimate of drug-likeness (QED) is 0.292. The highest BCUT2D eigenvalue weighted by Gasteiger charge is 2.24. The van der Waals surface area contributed by atoms with Crippen LogP contribution in [0, 0.1) is 0 Å². The Labute approximate surface area is 228 Å². The SMILES string of the molecule is O=C(c1cccnc1Nc1ccc(S(=O)(=O)Nc2nc3c(Cl)cccc3s2)cc1)N1CCN(CCO)CC1. The summed E-state index contributed by atoms with van der Waals surface area (Å²) in [4.78, 5) is 25.8. The molecule has 10 nitrogen and oxygen atoms in total. The summed E-state index contributed by atoms with van der Waals surface area (Å²) in [5, 5.41) is 12.9. The second-order valence-corrected chi connectivity index (χ2v) is 11.7. The maximum atomic E-state index is 13.2. The number of rotatable bonds is 8. The molecule has 3 heterocycles. The Morgan fingerprint density at radius 1 is 1.05 bits per heavy atom. The average molecular weight is 573 g/mol. The van der Waals surface area contributed by atoms with E-state index in [0.29, 0.717) is 60.3 Å². The summed E-state index contributed by atoms with van der Waals surface area (Å²) >= 11 is 7.36. The maximum absolute atomic E-state index is 13.2. The molecule has 1 amide bonds. The topological polar surface area (TPSA) is 128 Å². The minimum absolute atomic E-state index is 0.0615. The Hall–Kier alpha value is -3.29. The Morgan fingerprint density at radius 3 is 2.53 bits per heavy atom. The zero-order chi connectivity index (χ0) is 26.7. The Kier molecular flexibility index (Phi) is 7.77. The van der Waals surface area contributed by atoms with Gasteiger partial charge in [-0.1, -0.05) is 29.0 Å². The Morgan fingerprint density at radius 2 is 1.82 bits per heavy atom. The largest absolute Gasteiger partial charge is 0.395 e. The molecule has 1 fully saturated rings. The van der Waals surface area contributed by atoms with Crippen molar-refractivity contribution < 1.29 is 18.3 Å². The molecule has 4 aromatic rings. The summed E-state index contributed by atoms with van der Waals surface area (Å²) in [7, 11) is -3.88. The number of nitrogens with zero attached hydrogens (tertiary/aromatic N) is 4. The number of thiazole rings is 1. The van der Waals surface area contributed by atoms with Gasteiger partial charge in [-0.25, -0.2) is 18.4 Å². The van der Waals surface area contributed by atoms with Crippen molar-refractivity contribution >= 4 is 65.7 Å². The lowest BCUT2D eigenvalue weighted by atomic mass is 10.2. The molecule has 0 spiro atoms. The van der Waals surface area contributed by atoms with Crippen LogP contribution in [-0.2, 0) is 10.0 Å². The zero-order valence-electron chi connectivity index (χ0n) is 20.2. The minimum atomic E-state index is -3.88. The summed E-state index contributed by atoms with van der Waals surface area (Å²) in [6, 6.07) is 14.9. The molecule has 0 atom stereocenters. The van der Waals surface area contributed by atoms with Gasteiger partial charge in [-0.05, 0) is 48.5 Å². The van der Waals surface area contributed by atoms with Crippen molar-refractivity contribution in [3.05, 3.63) is 71.4 Å². The zero-order valence-corrected chi connectivity index (χ0v) is 22.6. The molecule has 1 aliphatic rings. The fourth-order valence-electron chi connectivity index (χ4n) is 4.15. The molecule has 0 radical (unpaired) electrons. The van der Waals surface area contributed by atoms with Gasteiger partial charge < -0.3 is 15.3 Å². The van der Waals surface area contributed by atoms with Crippen molar-refractivity contribution in [2.45, 2.75) is 4.90 Å². The number of carbonyl (C=O) groups is 1. The number of nitrogens with one attached hydrogen (secondary N) is 2. The molecule has 0 bridgehead atoms. The van der Waals surface area contributed by atoms with Gasteiger partial charge in [-0.15, -0.1) is 0 Å². The van der Waals surface area contributed by atoms with Crippen LogP contribution in [0.5, 0.6) is 0 Å². The van der Waals surface area contributed by atoms with Crippen molar-refractivity contribution in [2.75, 3.05) is 49.4 Å². The number of benzene rings is 2. The van der Waals surface area contributed by atoms with Crippen LogP contribution >= 0.6 is 22.9 Å². The van der Waals surface area contributed by atoms with Gasteiger partial charge in [-0.3, -0.25) is 14.4 Å². The molecule has 0 saturated carbocycles. The van der Waals surface area contributed by atoms with Gasteiger partial charge >= 0.3 is 0 Å². The molecule has 2 aromatic carbocycles. The van der Waals surface area contributed by atoms with E-state index in [0.717, 1.165) is 4.70 Å². The van der Waals surface area contributed by atoms with Crippen LogP contribution in [0.2, 0.25) is 5.02 Å². The number of β-amino-alcohol motifs (C(OH)–C–C–N with tert-alkyl or cyclic N) is 1. The van der Waals surface area contributed by atoms with E-state index in [9.17, 15) is 13.2 Å². The van der Waals surface area contributed by atoms with Crippen LogP contribution < -0.4 is 10.0 Å². The van der Waals surface area contributed by atoms with E-state index < -0.39 is 10.0 Å². The molecular formula is C25H25ClN6O4S2. The van der Waals surface area contributed by atoms with Crippen molar-refractivity contribution in [1.29, 1.82) is 0 Å². The van der Waals surface area contributed by atoms with Crippen molar-refractivity contribution in [2.24, 2.45) is 0 Å². The highest BCUT2D eigenvalue weighted by Crippen LogP contribution is 2.32. The van der Waals surface area contributed by atoms with E-state index in [4.69, 9.17) is 16.7 Å². The lowest BCUT2D eigenvalue weighted by Crippen LogP contribution is -2.49. The average Bonchev–Trinajstić information content (AvgIpc) is 3.33. The highest BCUT2D eigenvalue weighted by molar-refractivity contribution is 7.93. The molecular weight excluding hydrogens is 548 g/mol. The normalized spacial score (nSPS) is 14.5. The molecule has 198 valence electrons. The minimum Gasteiger partial charge on any atom is -0.395 e. The van der Waals surface area contributed by atoms with E-state index in [1.165, 1.54) is 23.5 Å². The number of hydrogen-bond acceptors (Lipinski definition) is 9. The number of aliphatic hydroxyl groups is 1. The monoisotopic (exact) mass is 572 g/mol. The van der Waals surface area contributed by atoms with Crippen LogP contribution in [0.3, 0.4) is 0 Å². The third-order valence-corrected chi connectivity index (χ3v) is 8.86. The number of carbonyl (C=O) groups excluding carboxylic acids is 1. The van der Waals surface area contributed by atoms with Gasteiger partial charge in [0.2, 0.25) is 0 Å². The molecule has 1 saturated heterocycles. The molecule has 3 N–H and O–H groups in total. The van der Waals surface area contributed by atoms with Crippen LogP contribution in [0.15, 0.2) is 65.7 Å². The Balaban J connectivity index is 1.28. The van der Waals surface area contributed by atoms with Crippen LogP contribution in [0.4, 0.5) is 16.6 Å². The van der Waals surface area contributed by atoms with Gasteiger partial charge in [-0.2, -0.15) is 0 Å². The van der Waals surface area contributed by atoms with Crippen LogP contribution in [0.1, 0.15) is 10.4 Å². The lowest BCUT2D eigenvalue weighted by molar-refractivity contribution is 0.0615. The first-order chi connectivity index (χ1) is 18.3. The predicted molar refractivity (Wildman–Crippen MR) is 149 cm³/mol. The van der Waals surface area contributed by atoms with Gasteiger partial charge in [0.05, 0.1) is 26.8 Å². The third-order valence-electron chi connectivity index (χ3n) is 6.13. The number of amides is 1. The van der Waals surface area contributed by atoms with Gasteiger partial charge in [0.25, 0.3) is 15.9 Å². The number of piperazine rings is 1. The fourth-order valence-corrected chi connectivity index (χ4v) is 6.55. The van der Waals surface area contributed by atoms with Gasteiger partial charge in [0, 0.05) is 44.6 Å². The second-order valence-electron chi connectivity index (χ2n) is 8.62. The van der Waals surface area contributed by atoms with Crippen LogP contribution in [0.25, 0.3) is 10.2 Å². The number of aliphatic hydroxyl groups excluding tert-OH is 1. The van der Waals surface area contributed by atoms with Gasteiger partial charge in [0.15, 0.2) is 5.13 Å². The summed E-state index contributed by atoms with van der Waals surface area (Å²) in [6.45, 7) is 3.21. The first kappa shape index (κ1) is 26.3. The molecule has 0 aliphatic carbocycles. The van der Waals surface area contributed by atoms with E-state index >= 15 is 0 Å². The van der Waals surface area contributed by atoms with E-state index in [1.807, 2.05) is 6.07 Å². The third kappa shape index (κ3) is 5.74.